The van der Waals surface area contributed by atoms with Gasteiger partial charge in [-0.1, -0.05) is 6.07 Å². The molecule has 1 aromatic carbocycles. The van der Waals surface area contributed by atoms with E-state index < -0.39 is 4.92 Å². The van der Waals surface area contributed by atoms with Crippen LogP contribution in [-0.4, -0.2) is 29.9 Å². The molecule has 0 aliphatic rings. The van der Waals surface area contributed by atoms with Crippen LogP contribution in [0.4, 0.5) is 5.69 Å². The number of rotatable bonds is 1. The fraction of sp³-hybridized carbons (Fsp3) is 0. The molecule has 0 amide bonds. The first kappa shape index (κ1) is 8.65. The van der Waals surface area contributed by atoms with Crippen molar-refractivity contribution in [3.63, 3.8) is 0 Å². The van der Waals surface area contributed by atoms with E-state index >= 15 is 0 Å². The molecule has 0 N–H and O–H groups in total. The molecule has 0 aliphatic carbocycles. The summed E-state index contributed by atoms with van der Waals surface area (Å²) in [6.07, 6.45) is 1.46. The third-order valence-corrected chi connectivity index (χ3v) is 2.21. The number of nitrogens with zero attached hydrogens (tertiary/aromatic N) is 6. The normalized spacial score (nSPS) is 11.0. The van der Waals surface area contributed by atoms with Gasteiger partial charge in [0.15, 0.2) is 11.2 Å². The van der Waals surface area contributed by atoms with Crippen LogP contribution in [0.1, 0.15) is 0 Å². The minimum atomic E-state index is -0.481. The molecule has 2 heterocycles. The van der Waals surface area contributed by atoms with Gasteiger partial charge in [0.1, 0.15) is 0 Å². The summed E-state index contributed by atoms with van der Waals surface area (Å²) >= 11 is 0. The van der Waals surface area contributed by atoms with E-state index in [0.717, 1.165) is 0 Å². The Hall–Kier alpha value is -2.64. The number of nitro groups is 1. The molecule has 0 saturated heterocycles. The van der Waals surface area contributed by atoms with Gasteiger partial charge in [-0.05, 0) is 16.5 Å². The zero-order valence-corrected chi connectivity index (χ0v) is 7.81. The fourth-order valence-electron chi connectivity index (χ4n) is 1.55. The monoisotopic (exact) mass is 216 g/mol. The molecule has 2 aromatic heterocycles. The van der Waals surface area contributed by atoms with Gasteiger partial charge < -0.3 is 0 Å². The smallest absolute Gasteiger partial charge is 0.258 e. The quantitative estimate of drug-likeness (QED) is 0.435. The van der Waals surface area contributed by atoms with Gasteiger partial charge in [-0.2, -0.15) is 4.52 Å². The molecule has 0 bridgehead atoms. The lowest BCUT2D eigenvalue weighted by molar-refractivity contribution is -0.383. The van der Waals surface area contributed by atoms with Crippen molar-refractivity contribution in [3.05, 3.63) is 34.5 Å². The van der Waals surface area contributed by atoms with Crippen molar-refractivity contribution in [2.24, 2.45) is 0 Å². The average molecular weight is 216 g/mol. The molecule has 0 spiro atoms. The predicted octanol–water partition coefficient (Wildman–Crippen LogP) is 0.581. The maximum absolute atomic E-state index is 10.9. The van der Waals surface area contributed by atoms with Crippen molar-refractivity contribution in [2.45, 2.75) is 0 Å². The lowest BCUT2D eigenvalue weighted by Crippen LogP contribution is -1.98. The zero-order chi connectivity index (χ0) is 11.1. The second-order valence-corrected chi connectivity index (χ2v) is 3.11. The van der Waals surface area contributed by atoms with Crippen LogP contribution in [0.2, 0.25) is 0 Å². The van der Waals surface area contributed by atoms with Gasteiger partial charge in [0.05, 0.1) is 16.6 Å². The first-order valence-electron chi connectivity index (χ1n) is 4.37. The molecule has 8 heteroatoms. The van der Waals surface area contributed by atoms with Crippen LogP contribution in [0, 0.1) is 10.1 Å². The van der Waals surface area contributed by atoms with Gasteiger partial charge in [0.2, 0.25) is 0 Å². The van der Waals surface area contributed by atoms with E-state index in [0.29, 0.717) is 16.7 Å². The van der Waals surface area contributed by atoms with Gasteiger partial charge in [0.25, 0.3) is 5.69 Å². The summed E-state index contributed by atoms with van der Waals surface area (Å²) in [4.78, 5) is 14.5. The Morgan fingerprint density at radius 3 is 3.06 bits per heavy atom. The number of non-ortho nitro benzene ring substituents is 1. The lowest BCUT2D eigenvalue weighted by atomic mass is 10.2. The average Bonchev–Trinajstić information content (AvgIpc) is 2.76. The van der Waals surface area contributed by atoms with Crippen molar-refractivity contribution in [1.29, 1.82) is 0 Å². The summed E-state index contributed by atoms with van der Waals surface area (Å²) in [5.41, 5.74) is 1.09. The minimum absolute atomic E-state index is 0.0668. The molecule has 0 unspecified atom stereocenters. The van der Waals surface area contributed by atoms with Crippen LogP contribution in [0.5, 0.6) is 0 Å². The molecule has 3 rings (SSSR count). The van der Waals surface area contributed by atoms with Gasteiger partial charge in [-0.25, -0.2) is 0 Å². The van der Waals surface area contributed by atoms with Gasteiger partial charge in [-0.15, -0.1) is 5.10 Å². The Balaban J connectivity index is 2.59. The largest absolute Gasteiger partial charge is 0.297 e. The number of benzene rings is 1. The molecule has 0 atom stereocenters. The number of nitro benzene ring substituents is 1. The van der Waals surface area contributed by atoms with Gasteiger partial charge in [0, 0.05) is 6.07 Å². The number of hydrogen-bond donors (Lipinski definition) is 0. The molecule has 78 valence electrons. The fourth-order valence-corrected chi connectivity index (χ4v) is 1.55. The molecule has 0 fully saturated rings. The summed E-state index contributed by atoms with van der Waals surface area (Å²) in [5.74, 6) is 0. The molecule has 0 saturated carbocycles. The van der Waals surface area contributed by atoms with Crippen LogP contribution in [-0.2, 0) is 0 Å². The molecule has 16 heavy (non-hydrogen) atoms. The van der Waals surface area contributed by atoms with Crippen LogP contribution in [0.15, 0.2) is 24.4 Å². The maximum atomic E-state index is 10.9. The van der Waals surface area contributed by atoms with Crippen molar-refractivity contribution in [2.75, 3.05) is 0 Å². The van der Waals surface area contributed by atoms with Crippen LogP contribution >= 0.6 is 0 Å². The second kappa shape index (κ2) is 2.92. The lowest BCUT2D eigenvalue weighted by Gasteiger charge is -1.99. The van der Waals surface area contributed by atoms with Crippen molar-refractivity contribution in [1.82, 2.24) is 25.0 Å². The maximum Gasteiger partial charge on any atom is 0.297 e. The van der Waals surface area contributed by atoms with Crippen molar-refractivity contribution < 1.29 is 4.92 Å². The molecule has 8 nitrogen and oxygen atoms in total. The Morgan fingerprint density at radius 1 is 1.38 bits per heavy atom. The first-order valence-corrected chi connectivity index (χ1v) is 4.37. The van der Waals surface area contributed by atoms with Gasteiger partial charge >= 0.3 is 0 Å². The highest BCUT2D eigenvalue weighted by molar-refractivity contribution is 5.85. The third kappa shape index (κ3) is 1.03. The first-order chi connectivity index (χ1) is 7.77. The van der Waals surface area contributed by atoms with Crippen LogP contribution < -0.4 is 0 Å². The van der Waals surface area contributed by atoms with E-state index in [2.05, 4.69) is 20.5 Å². The molecular formula is C8H4N6O2. The summed E-state index contributed by atoms with van der Waals surface area (Å²) in [7, 11) is 0. The summed E-state index contributed by atoms with van der Waals surface area (Å²) in [6.45, 7) is 0. The van der Waals surface area contributed by atoms with Crippen molar-refractivity contribution in [3.8, 4) is 0 Å². The minimum Gasteiger partial charge on any atom is -0.258 e. The van der Waals surface area contributed by atoms with E-state index in [9.17, 15) is 10.1 Å². The molecule has 0 radical (unpaired) electrons. The van der Waals surface area contributed by atoms with Crippen molar-refractivity contribution >= 4 is 22.4 Å². The molecule has 3 aromatic rings. The van der Waals surface area contributed by atoms with E-state index in [1.807, 2.05) is 0 Å². The molecular weight excluding hydrogens is 212 g/mol. The second-order valence-electron chi connectivity index (χ2n) is 3.11. The van der Waals surface area contributed by atoms with E-state index in [-0.39, 0.29) is 5.69 Å². The highest BCUT2D eigenvalue weighted by Crippen LogP contribution is 2.23. The zero-order valence-electron chi connectivity index (χ0n) is 7.81. The standard InChI is InChI=1S/C8H4N6O2/c15-14(16)6-3-1-2-5-8(6)13-7(4-9-5)10-11-12-13/h1-4H. The SMILES string of the molecule is O=[N+]([O-])c1cccc2ncc3nnnn3c12. The number of para-hydroxylation sites is 1. The van der Waals surface area contributed by atoms with Crippen LogP contribution in [0.3, 0.4) is 0 Å². The number of fused-ring (bicyclic) bond motifs is 3. The highest BCUT2D eigenvalue weighted by atomic mass is 16.6. The Labute approximate surface area is 87.7 Å². The number of tetrazole rings is 1. The summed E-state index contributed by atoms with van der Waals surface area (Å²) in [5, 5.41) is 21.7. The predicted molar refractivity (Wildman–Crippen MR) is 52.7 cm³/mol. The number of hydrogen-bond acceptors (Lipinski definition) is 6. The highest BCUT2D eigenvalue weighted by Gasteiger charge is 2.16. The third-order valence-electron chi connectivity index (χ3n) is 2.21. The van der Waals surface area contributed by atoms with Crippen LogP contribution in [0.25, 0.3) is 16.7 Å². The Bertz CT molecular complexity index is 706. The number of aromatic nitrogens is 5. The van der Waals surface area contributed by atoms with Gasteiger partial charge in [-0.3, -0.25) is 15.1 Å². The Kier molecular flexibility index (Phi) is 1.58. The summed E-state index contributed by atoms with van der Waals surface area (Å²) < 4.78 is 1.31. The van der Waals surface area contributed by atoms with E-state index in [1.165, 1.54) is 16.8 Å². The summed E-state index contributed by atoms with van der Waals surface area (Å²) in [6, 6.07) is 4.64. The van der Waals surface area contributed by atoms with E-state index in [4.69, 9.17) is 0 Å². The van der Waals surface area contributed by atoms with E-state index in [1.54, 1.807) is 12.1 Å². The topological polar surface area (TPSA) is 99.1 Å². The Morgan fingerprint density at radius 2 is 2.25 bits per heavy atom. The molecule has 0 aliphatic heterocycles.